The number of alkyl halides is 6. The SMILES string of the molecule is O=C(C(Cl)(Cl)Cl)C(Cl)(Cl)CCl. The summed E-state index contributed by atoms with van der Waals surface area (Å²) >= 11 is 31.6. The zero-order chi connectivity index (χ0) is 9.28. The maximum atomic E-state index is 11.0. The van der Waals surface area contributed by atoms with Gasteiger partial charge in [-0.3, -0.25) is 4.79 Å². The standard InChI is InChI=1S/C4H2Cl6O/c5-1-3(6,7)2(11)4(8,9)10/h1H2. The molecule has 0 heterocycles. The van der Waals surface area contributed by atoms with Gasteiger partial charge in [0.2, 0.25) is 5.78 Å². The first kappa shape index (κ1) is 12.4. The third kappa shape index (κ3) is 3.75. The van der Waals surface area contributed by atoms with Crippen LogP contribution in [0.15, 0.2) is 0 Å². The van der Waals surface area contributed by atoms with Gasteiger partial charge in [0.1, 0.15) is 0 Å². The van der Waals surface area contributed by atoms with Gasteiger partial charge in [0, 0.05) is 0 Å². The highest BCUT2D eigenvalue weighted by Gasteiger charge is 2.45. The molecule has 0 bridgehead atoms. The van der Waals surface area contributed by atoms with Crippen LogP contribution < -0.4 is 0 Å². The van der Waals surface area contributed by atoms with Crippen LogP contribution in [-0.2, 0) is 4.79 Å². The summed E-state index contributed by atoms with van der Waals surface area (Å²) in [5.74, 6) is -1.28. The summed E-state index contributed by atoms with van der Waals surface area (Å²) in [6, 6.07) is 0. The first-order chi connectivity index (χ1) is 4.72. The van der Waals surface area contributed by atoms with Gasteiger partial charge in [-0.25, -0.2) is 0 Å². The van der Waals surface area contributed by atoms with Crippen molar-refractivity contribution in [2.75, 3.05) is 5.88 Å². The van der Waals surface area contributed by atoms with Crippen LogP contribution in [0.4, 0.5) is 0 Å². The fourth-order valence-corrected chi connectivity index (χ4v) is 1.45. The van der Waals surface area contributed by atoms with Crippen molar-refractivity contribution in [3.63, 3.8) is 0 Å². The Morgan fingerprint density at radius 1 is 1.09 bits per heavy atom. The Morgan fingerprint density at radius 3 is 1.55 bits per heavy atom. The smallest absolute Gasteiger partial charge is 0.251 e. The zero-order valence-corrected chi connectivity index (χ0v) is 9.42. The molecule has 0 atom stereocenters. The van der Waals surface area contributed by atoms with E-state index in [9.17, 15) is 4.79 Å². The van der Waals surface area contributed by atoms with Gasteiger partial charge in [0.15, 0.2) is 4.33 Å². The number of carbonyl (C=O) groups excluding carboxylic acids is 1. The monoisotopic (exact) mass is 276 g/mol. The van der Waals surface area contributed by atoms with Gasteiger partial charge in [-0.1, -0.05) is 58.0 Å². The number of halogens is 6. The Bertz CT molecular complexity index is 158. The Labute approximate surface area is 93.8 Å². The number of hydrogen-bond donors (Lipinski definition) is 0. The molecular weight excluding hydrogens is 277 g/mol. The van der Waals surface area contributed by atoms with E-state index in [1.807, 2.05) is 0 Å². The summed E-state index contributed by atoms with van der Waals surface area (Å²) in [5, 5.41) is 0. The van der Waals surface area contributed by atoms with Gasteiger partial charge in [-0.05, 0) is 0 Å². The highest BCUT2D eigenvalue weighted by atomic mass is 35.6. The van der Waals surface area contributed by atoms with Crippen LogP contribution in [0, 0.1) is 0 Å². The minimum Gasteiger partial charge on any atom is -0.291 e. The molecule has 0 unspecified atom stereocenters. The molecule has 7 heteroatoms. The molecule has 0 fully saturated rings. The summed E-state index contributed by atoms with van der Waals surface area (Å²) < 4.78 is -3.97. The van der Waals surface area contributed by atoms with Crippen molar-refractivity contribution >= 4 is 75.4 Å². The van der Waals surface area contributed by atoms with E-state index in [0.717, 1.165) is 0 Å². The van der Waals surface area contributed by atoms with Gasteiger partial charge in [0.25, 0.3) is 3.79 Å². The first-order valence-corrected chi connectivity index (χ1v) is 4.69. The van der Waals surface area contributed by atoms with Crippen molar-refractivity contribution in [3.8, 4) is 0 Å². The Balaban J connectivity index is 4.50. The van der Waals surface area contributed by atoms with Crippen molar-refractivity contribution in [1.29, 1.82) is 0 Å². The molecule has 0 aromatic rings. The van der Waals surface area contributed by atoms with Crippen LogP contribution in [0.2, 0.25) is 0 Å². The van der Waals surface area contributed by atoms with Crippen molar-refractivity contribution in [2.45, 2.75) is 8.13 Å². The maximum Gasteiger partial charge on any atom is 0.251 e. The van der Waals surface area contributed by atoms with E-state index < -0.39 is 13.9 Å². The predicted octanol–water partition coefficient (Wildman–Crippen LogP) is 3.34. The molecule has 0 aliphatic rings. The second kappa shape index (κ2) is 4.08. The predicted molar refractivity (Wildman–Crippen MR) is 50.5 cm³/mol. The number of carbonyl (C=O) groups is 1. The molecule has 0 amide bonds. The summed E-state index contributed by atoms with van der Waals surface area (Å²) in [4.78, 5) is 11.0. The van der Waals surface area contributed by atoms with Gasteiger partial charge >= 0.3 is 0 Å². The average Bonchev–Trinajstić information content (AvgIpc) is 1.84. The van der Waals surface area contributed by atoms with Gasteiger partial charge in [-0.2, -0.15) is 0 Å². The van der Waals surface area contributed by atoms with E-state index in [-0.39, 0.29) is 5.88 Å². The molecule has 0 aromatic heterocycles. The third-order valence-electron chi connectivity index (χ3n) is 0.757. The normalized spacial score (nSPS) is 13.3. The topological polar surface area (TPSA) is 17.1 Å². The van der Waals surface area contributed by atoms with E-state index in [4.69, 9.17) is 69.6 Å². The molecule has 11 heavy (non-hydrogen) atoms. The Morgan fingerprint density at radius 2 is 1.45 bits per heavy atom. The third-order valence-corrected chi connectivity index (χ3v) is 2.56. The zero-order valence-electron chi connectivity index (χ0n) is 4.88. The number of rotatable bonds is 2. The van der Waals surface area contributed by atoms with Gasteiger partial charge in [0.05, 0.1) is 5.88 Å². The van der Waals surface area contributed by atoms with Crippen molar-refractivity contribution in [2.24, 2.45) is 0 Å². The van der Waals surface area contributed by atoms with Crippen LogP contribution >= 0.6 is 69.6 Å². The van der Waals surface area contributed by atoms with Crippen LogP contribution in [-0.4, -0.2) is 19.8 Å². The first-order valence-electron chi connectivity index (χ1n) is 2.27. The lowest BCUT2D eigenvalue weighted by Gasteiger charge is -2.19. The summed E-state index contributed by atoms with van der Waals surface area (Å²) in [6.07, 6.45) is 0. The van der Waals surface area contributed by atoms with Crippen LogP contribution in [0.1, 0.15) is 0 Å². The highest BCUT2D eigenvalue weighted by molar-refractivity contribution is 6.81. The molecule has 0 rings (SSSR count). The second-order valence-electron chi connectivity index (χ2n) is 1.66. The second-order valence-corrected chi connectivity index (χ2v) is 5.70. The Hall–Kier alpha value is 1.41. The molecule has 0 aliphatic carbocycles. The van der Waals surface area contributed by atoms with Crippen molar-refractivity contribution in [3.05, 3.63) is 0 Å². The molecule has 66 valence electrons. The lowest BCUT2D eigenvalue weighted by atomic mass is 10.3. The van der Waals surface area contributed by atoms with Crippen LogP contribution in [0.25, 0.3) is 0 Å². The summed E-state index contributed by atoms with van der Waals surface area (Å²) in [7, 11) is 0. The average molecular weight is 279 g/mol. The number of Topliss-reactive ketones (excluding diaryl/α,β-unsaturated/α-hetero) is 1. The van der Waals surface area contributed by atoms with Crippen molar-refractivity contribution in [1.82, 2.24) is 0 Å². The highest BCUT2D eigenvalue weighted by Crippen LogP contribution is 2.37. The quantitative estimate of drug-likeness (QED) is 0.708. The molecule has 1 nitrogen and oxygen atoms in total. The van der Waals surface area contributed by atoms with E-state index in [2.05, 4.69) is 0 Å². The lowest BCUT2D eigenvalue weighted by Crippen LogP contribution is -2.37. The fraction of sp³-hybridized carbons (Fsp3) is 0.750. The maximum absolute atomic E-state index is 11.0. The molecule has 0 aliphatic heterocycles. The van der Waals surface area contributed by atoms with E-state index in [0.29, 0.717) is 0 Å². The minimum absolute atomic E-state index is 0.331. The minimum atomic E-state index is -2.13. The fourth-order valence-electron chi connectivity index (χ4n) is 0.268. The van der Waals surface area contributed by atoms with E-state index >= 15 is 0 Å². The molecule has 0 spiro atoms. The van der Waals surface area contributed by atoms with Crippen LogP contribution in [0.5, 0.6) is 0 Å². The largest absolute Gasteiger partial charge is 0.291 e. The van der Waals surface area contributed by atoms with Crippen molar-refractivity contribution < 1.29 is 4.79 Å². The summed E-state index contributed by atoms with van der Waals surface area (Å²) in [5.41, 5.74) is 0. The Kier molecular flexibility index (Phi) is 4.60. The molecule has 0 radical (unpaired) electrons. The number of hydrogen-bond acceptors (Lipinski definition) is 1. The van der Waals surface area contributed by atoms with Gasteiger partial charge in [-0.15, -0.1) is 11.6 Å². The van der Waals surface area contributed by atoms with Crippen LogP contribution in [0.3, 0.4) is 0 Å². The lowest BCUT2D eigenvalue weighted by molar-refractivity contribution is -0.118. The molecule has 0 saturated heterocycles. The number of ketones is 1. The van der Waals surface area contributed by atoms with Gasteiger partial charge < -0.3 is 0 Å². The molecular formula is C4H2Cl6O. The van der Waals surface area contributed by atoms with E-state index in [1.54, 1.807) is 0 Å². The molecule has 0 N–H and O–H groups in total. The summed E-state index contributed by atoms with van der Waals surface area (Å²) in [6.45, 7) is 0. The molecule has 0 aromatic carbocycles. The molecule has 0 saturated carbocycles. The van der Waals surface area contributed by atoms with E-state index in [1.165, 1.54) is 0 Å².